The first-order valence-corrected chi connectivity index (χ1v) is 8.09. The highest BCUT2D eigenvalue weighted by Gasteiger charge is 2.28. The Balaban J connectivity index is 2.16. The monoisotopic (exact) mass is 313 g/mol. The van der Waals surface area contributed by atoms with Crippen molar-refractivity contribution in [1.29, 1.82) is 0 Å². The standard InChI is InChI=1S/C20H27NO2/c1-21(2)16-15-20(22,14-13-17-7-5-4-6-8-17)18-9-11-19(23-3)12-10-18/h4-12,22H,13-16H2,1-3H3/t20-/m0/s1. The third-order valence-corrected chi connectivity index (χ3v) is 4.27. The van der Waals surface area contributed by atoms with Crippen molar-refractivity contribution in [3.63, 3.8) is 0 Å². The number of aliphatic hydroxyl groups is 1. The van der Waals surface area contributed by atoms with Gasteiger partial charge in [-0.15, -0.1) is 0 Å². The van der Waals surface area contributed by atoms with Crippen LogP contribution in [0.15, 0.2) is 54.6 Å². The third-order valence-electron chi connectivity index (χ3n) is 4.27. The van der Waals surface area contributed by atoms with Crippen LogP contribution in [0, 0.1) is 0 Å². The van der Waals surface area contributed by atoms with Gasteiger partial charge in [-0.25, -0.2) is 0 Å². The molecular weight excluding hydrogens is 286 g/mol. The van der Waals surface area contributed by atoms with Gasteiger partial charge < -0.3 is 14.7 Å². The van der Waals surface area contributed by atoms with E-state index in [4.69, 9.17) is 4.74 Å². The van der Waals surface area contributed by atoms with Gasteiger partial charge in [0.05, 0.1) is 12.7 Å². The first kappa shape index (κ1) is 17.5. The average Bonchev–Trinajstić information content (AvgIpc) is 2.59. The SMILES string of the molecule is COc1ccc([C@](O)(CCc2ccccc2)CCN(C)C)cc1. The fourth-order valence-electron chi connectivity index (χ4n) is 2.72. The minimum Gasteiger partial charge on any atom is -0.497 e. The molecule has 0 amide bonds. The number of benzene rings is 2. The Morgan fingerprint density at radius 3 is 2.17 bits per heavy atom. The molecule has 0 saturated carbocycles. The Morgan fingerprint density at radius 1 is 0.957 bits per heavy atom. The van der Waals surface area contributed by atoms with Crippen LogP contribution < -0.4 is 4.74 Å². The topological polar surface area (TPSA) is 32.7 Å². The number of aryl methyl sites for hydroxylation is 1. The first-order valence-electron chi connectivity index (χ1n) is 8.09. The summed E-state index contributed by atoms with van der Waals surface area (Å²) < 4.78 is 5.22. The van der Waals surface area contributed by atoms with Gasteiger partial charge in [-0.1, -0.05) is 42.5 Å². The van der Waals surface area contributed by atoms with Crippen LogP contribution in [-0.4, -0.2) is 37.8 Å². The minimum absolute atomic E-state index is 0.706. The van der Waals surface area contributed by atoms with Crippen LogP contribution in [-0.2, 0) is 12.0 Å². The highest BCUT2D eigenvalue weighted by Crippen LogP contribution is 2.31. The van der Waals surface area contributed by atoms with Gasteiger partial charge in [0.1, 0.15) is 5.75 Å². The number of rotatable bonds is 8. The summed E-state index contributed by atoms with van der Waals surface area (Å²) in [6.07, 6.45) is 2.27. The summed E-state index contributed by atoms with van der Waals surface area (Å²) in [4.78, 5) is 2.11. The van der Waals surface area contributed by atoms with Crippen molar-refractivity contribution in [3.05, 3.63) is 65.7 Å². The van der Waals surface area contributed by atoms with Gasteiger partial charge in [-0.05, 0) is 56.6 Å². The highest BCUT2D eigenvalue weighted by molar-refractivity contribution is 5.31. The molecule has 2 rings (SSSR count). The molecule has 2 aromatic carbocycles. The molecule has 0 aliphatic rings. The second-order valence-corrected chi connectivity index (χ2v) is 6.30. The zero-order valence-corrected chi connectivity index (χ0v) is 14.3. The zero-order chi connectivity index (χ0) is 16.7. The molecule has 1 N–H and O–H groups in total. The molecule has 0 aliphatic heterocycles. The smallest absolute Gasteiger partial charge is 0.118 e. The molecule has 0 aliphatic carbocycles. The van der Waals surface area contributed by atoms with Crippen LogP contribution in [0.1, 0.15) is 24.0 Å². The molecule has 124 valence electrons. The van der Waals surface area contributed by atoms with Crippen molar-refractivity contribution in [1.82, 2.24) is 4.90 Å². The molecule has 0 heterocycles. The predicted molar refractivity (Wildman–Crippen MR) is 94.8 cm³/mol. The lowest BCUT2D eigenvalue weighted by atomic mass is 9.84. The minimum atomic E-state index is -0.827. The maximum Gasteiger partial charge on any atom is 0.118 e. The molecule has 0 bridgehead atoms. The highest BCUT2D eigenvalue weighted by atomic mass is 16.5. The van der Waals surface area contributed by atoms with Gasteiger partial charge in [-0.3, -0.25) is 0 Å². The summed E-state index contributed by atoms with van der Waals surface area (Å²) in [7, 11) is 5.72. The normalized spacial score (nSPS) is 13.8. The number of methoxy groups -OCH3 is 1. The van der Waals surface area contributed by atoms with E-state index in [1.165, 1.54) is 5.56 Å². The van der Waals surface area contributed by atoms with Crippen molar-refractivity contribution < 1.29 is 9.84 Å². The number of hydrogen-bond acceptors (Lipinski definition) is 3. The Hall–Kier alpha value is -1.84. The van der Waals surface area contributed by atoms with Crippen LogP contribution in [0.4, 0.5) is 0 Å². The lowest BCUT2D eigenvalue weighted by Crippen LogP contribution is -2.31. The molecule has 1 atom stereocenters. The molecule has 0 spiro atoms. The van der Waals surface area contributed by atoms with Crippen molar-refractivity contribution in [2.75, 3.05) is 27.7 Å². The summed E-state index contributed by atoms with van der Waals surface area (Å²) >= 11 is 0. The van der Waals surface area contributed by atoms with E-state index in [9.17, 15) is 5.11 Å². The van der Waals surface area contributed by atoms with Gasteiger partial charge in [-0.2, -0.15) is 0 Å². The zero-order valence-electron chi connectivity index (χ0n) is 14.3. The van der Waals surface area contributed by atoms with Crippen molar-refractivity contribution >= 4 is 0 Å². The first-order chi connectivity index (χ1) is 11.0. The Labute approximate surface area is 139 Å². The molecule has 0 fully saturated rings. The van der Waals surface area contributed by atoms with Crippen LogP contribution in [0.5, 0.6) is 5.75 Å². The molecule has 3 nitrogen and oxygen atoms in total. The molecule has 0 radical (unpaired) electrons. The summed E-state index contributed by atoms with van der Waals surface area (Å²) in [5.41, 5.74) is 1.38. The molecule has 2 aromatic rings. The lowest BCUT2D eigenvalue weighted by molar-refractivity contribution is 0.0126. The average molecular weight is 313 g/mol. The summed E-state index contributed by atoms with van der Waals surface area (Å²) in [6, 6.07) is 18.1. The maximum absolute atomic E-state index is 11.3. The second kappa shape index (κ2) is 8.14. The van der Waals surface area contributed by atoms with Crippen molar-refractivity contribution in [2.24, 2.45) is 0 Å². The second-order valence-electron chi connectivity index (χ2n) is 6.30. The number of nitrogens with zero attached hydrogens (tertiary/aromatic N) is 1. The molecule has 23 heavy (non-hydrogen) atoms. The largest absolute Gasteiger partial charge is 0.497 e. The van der Waals surface area contributed by atoms with E-state index in [-0.39, 0.29) is 0 Å². The number of hydrogen-bond donors (Lipinski definition) is 1. The van der Waals surface area contributed by atoms with Gasteiger partial charge >= 0.3 is 0 Å². The summed E-state index contributed by atoms with van der Waals surface area (Å²) in [5, 5.41) is 11.3. The van der Waals surface area contributed by atoms with Crippen molar-refractivity contribution in [2.45, 2.75) is 24.9 Å². The van der Waals surface area contributed by atoms with Crippen LogP contribution in [0.3, 0.4) is 0 Å². The van der Waals surface area contributed by atoms with Crippen LogP contribution >= 0.6 is 0 Å². The Bertz CT molecular complexity index is 580. The Morgan fingerprint density at radius 2 is 1.61 bits per heavy atom. The van der Waals surface area contributed by atoms with E-state index in [2.05, 4.69) is 17.0 Å². The molecule has 0 unspecified atom stereocenters. The fraction of sp³-hybridized carbons (Fsp3) is 0.400. The molecule has 0 aromatic heterocycles. The van der Waals surface area contributed by atoms with Gasteiger partial charge in [0.15, 0.2) is 0 Å². The maximum atomic E-state index is 11.3. The number of ether oxygens (including phenoxy) is 1. The Kier molecular flexibility index (Phi) is 6.20. The van der Waals surface area contributed by atoms with E-state index in [1.807, 2.05) is 56.6 Å². The fourth-order valence-corrected chi connectivity index (χ4v) is 2.72. The van der Waals surface area contributed by atoms with Gasteiger partial charge in [0, 0.05) is 6.54 Å². The van der Waals surface area contributed by atoms with E-state index < -0.39 is 5.60 Å². The van der Waals surface area contributed by atoms with E-state index in [0.717, 1.165) is 24.3 Å². The summed E-state index contributed by atoms with van der Waals surface area (Å²) in [6.45, 7) is 0.845. The van der Waals surface area contributed by atoms with Crippen LogP contribution in [0.25, 0.3) is 0 Å². The molecule has 0 saturated heterocycles. The van der Waals surface area contributed by atoms with Gasteiger partial charge in [0.2, 0.25) is 0 Å². The summed E-state index contributed by atoms with van der Waals surface area (Å²) in [5.74, 6) is 0.812. The van der Waals surface area contributed by atoms with E-state index in [1.54, 1.807) is 7.11 Å². The quantitative estimate of drug-likeness (QED) is 0.810. The van der Waals surface area contributed by atoms with E-state index >= 15 is 0 Å². The van der Waals surface area contributed by atoms with E-state index in [0.29, 0.717) is 12.8 Å². The predicted octanol–water partition coefficient (Wildman–Crippen LogP) is 3.47. The lowest BCUT2D eigenvalue weighted by Gasteiger charge is -2.30. The van der Waals surface area contributed by atoms with Crippen molar-refractivity contribution in [3.8, 4) is 5.75 Å². The van der Waals surface area contributed by atoms with Gasteiger partial charge in [0.25, 0.3) is 0 Å². The molecular formula is C20H27NO2. The molecule has 3 heteroatoms. The third kappa shape index (κ3) is 5.08. The van der Waals surface area contributed by atoms with Crippen LogP contribution in [0.2, 0.25) is 0 Å².